The molecule has 0 spiro atoms. The largest absolute Gasteiger partial charge is 0.503 e. The number of aromatic nitrogens is 1. The van der Waals surface area contributed by atoms with E-state index >= 15 is 0 Å². The standard InChI is InChI=1S/C14H10F3IN2O3S/c1-8-7-9(18)4-5-11(8)20-12(21)10-3-2-6-19-13(10)24(22,23)14(15,16)17/h2-7H,1H3,(H,20,21). The molecule has 0 fully saturated rings. The van der Waals surface area contributed by atoms with Crippen molar-refractivity contribution in [1.82, 2.24) is 4.98 Å². The molecular formula is C14H10F3IN2O3S. The van der Waals surface area contributed by atoms with Crippen molar-refractivity contribution in [2.24, 2.45) is 0 Å². The van der Waals surface area contributed by atoms with Crippen LogP contribution < -0.4 is 5.32 Å². The van der Waals surface area contributed by atoms with E-state index in [0.29, 0.717) is 11.3 Å². The molecule has 5 nitrogen and oxygen atoms in total. The second-order valence-electron chi connectivity index (χ2n) is 4.72. The van der Waals surface area contributed by atoms with Gasteiger partial charge in [0.05, 0.1) is 5.56 Å². The van der Waals surface area contributed by atoms with Gasteiger partial charge < -0.3 is 5.32 Å². The van der Waals surface area contributed by atoms with Crippen LogP contribution in [0.3, 0.4) is 0 Å². The average molecular weight is 470 g/mol. The summed E-state index contributed by atoms with van der Waals surface area (Å²) >= 11 is 2.06. The maximum Gasteiger partial charge on any atom is 0.503 e. The zero-order valence-electron chi connectivity index (χ0n) is 12.1. The van der Waals surface area contributed by atoms with E-state index in [1.807, 2.05) is 0 Å². The number of anilines is 1. The van der Waals surface area contributed by atoms with Crippen LogP contribution in [0.1, 0.15) is 15.9 Å². The average Bonchev–Trinajstić information content (AvgIpc) is 2.49. The van der Waals surface area contributed by atoms with Gasteiger partial charge in [-0.1, -0.05) is 0 Å². The van der Waals surface area contributed by atoms with Crippen molar-refractivity contribution < 1.29 is 26.4 Å². The Balaban J connectivity index is 2.45. The number of halogens is 4. The Labute approximate surface area is 149 Å². The molecule has 1 aromatic carbocycles. The van der Waals surface area contributed by atoms with Gasteiger partial charge in [-0.3, -0.25) is 4.79 Å². The summed E-state index contributed by atoms with van der Waals surface area (Å²) in [5.41, 5.74) is -5.18. The number of nitrogens with one attached hydrogen (secondary N) is 1. The number of carbonyl (C=O) groups excluding carboxylic acids is 1. The summed E-state index contributed by atoms with van der Waals surface area (Å²) in [6, 6.07) is 7.18. The van der Waals surface area contributed by atoms with Crippen molar-refractivity contribution in [2.75, 3.05) is 5.32 Å². The van der Waals surface area contributed by atoms with Crippen LogP contribution in [0.5, 0.6) is 0 Å². The monoisotopic (exact) mass is 470 g/mol. The van der Waals surface area contributed by atoms with Gasteiger partial charge in [0.15, 0.2) is 5.03 Å². The molecule has 0 aliphatic heterocycles. The van der Waals surface area contributed by atoms with Crippen LogP contribution in [0, 0.1) is 10.5 Å². The van der Waals surface area contributed by atoms with Gasteiger partial charge in [0.2, 0.25) is 0 Å². The molecule has 0 saturated carbocycles. The summed E-state index contributed by atoms with van der Waals surface area (Å²) in [7, 11) is -5.73. The molecule has 1 N–H and O–H groups in total. The van der Waals surface area contributed by atoms with E-state index < -0.39 is 31.8 Å². The first-order chi connectivity index (χ1) is 11.0. The van der Waals surface area contributed by atoms with Crippen molar-refractivity contribution in [2.45, 2.75) is 17.5 Å². The number of sulfone groups is 1. The Bertz CT molecular complexity index is 898. The molecule has 2 rings (SSSR count). The number of alkyl halides is 3. The Morgan fingerprint density at radius 1 is 1.25 bits per heavy atom. The molecule has 0 atom stereocenters. The summed E-state index contributed by atoms with van der Waals surface area (Å²) in [4.78, 5) is 15.5. The summed E-state index contributed by atoms with van der Waals surface area (Å²) < 4.78 is 62.3. The lowest BCUT2D eigenvalue weighted by Crippen LogP contribution is -2.27. The zero-order chi connectivity index (χ0) is 18.1. The molecule has 2 aromatic rings. The van der Waals surface area contributed by atoms with E-state index in [2.05, 4.69) is 32.9 Å². The molecular weight excluding hydrogens is 460 g/mol. The van der Waals surface area contributed by atoms with Crippen LogP contribution in [0.15, 0.2) is 41.6 Å². The van der Waals surface area contributed by atoms with Gasteiger partial charge in [-0.2, -0.15) is 13.2 Å². The van der Waals surface area contributed by atoms with E-state index in [0.717, 1.165) is 15.8 Å². The molecule has 24 heavy (non-hydrogen) atoms. The van der Waals surface area contributed by atoms with Gasteiger partial charge in [-0.25, -0.2) is 13.4 Å². The second-order valence-corrected chi connectivity index (χ2v) is 7.82. The van der Waals surface area contributed by atoms with Gasteiger partial charge in [-0.05, 0) is 65.4 Å². The van der Waals surface area contributed by atoms with Gasteiger partial charge in [0.25, 0.3) is 15.7 Å². The normalized spacial score (nSPS) is 12.0. The molecule has 1 aromatic heterocycles. The zero-order valence-corrected chi connectivity index (χ0v) is 15.0. The summed E-state index contributed by atoms with van der Waals surface area (Å²) in [6.07, 6.45) is 0.880. The molecule has 10 heteroatoms. The minimum atomic E-state index is -5.73. The van der Waals surface area contributed by atoms with E-state index in [1.54, 1.807) is 25.1 Å². The topological polar surface area (TPSA) is 76.1 Å². The number of carbonyl (C=O) groups is 1. The Kier molecular flexibility index (Phi) is 5.18. The SMILES string of the molecule is Cc1cc(I)ccc1NC(=O)c1cccnc1S(=O)(=O)C(F)(F)F. The molecule has 1 heterocycles. The fourth-order valence-electron chi connectivity index (χ4n) is 1.84. The highest BCUT2D eigenvalue weighted by molar-refractivity contribution is 14.1. The van der Waals surface area contributed by atoms with Crippen LogP contribution in [0.25, 0.3) is 0 Å². The molecule has 0 saturated heterocycles. The maximum atomic E-state index is 12.7. The van der Waals surface area contributed by atoms with Crippen molar-refractivity contribution >= 4 is 44.0 Å². The Morgan fingerprint density at radius 3 is 2.50 bits per heavy atom. The molecule has 0 bridgehead atoms. The lowest BCUT2D eigenvalue weighted by atomic mass is 10.2. The van der Waals surface area contributed by atoms with E-state index in [9.17, 15) is 26.4 Å². The van der Waals surface area contributed by atoms with E-state index in [1.165, 1.54) is 6.07 Å². The first-order valence-corrected chi connectivity index (χ1v) is 8.94. The highest BCUT2D eigenvalue weighted by atomic mass is 127. The second kappa shape index (κ2) is 6.67. The summed E-state index contributed by atoms with van der Waals surface area (Å²) in [5.74, 6) is -0.991. The highest BCUT2D eigenvalue weighted by Gasteiger charge is 2.49. The number of hydrogen-bond acceptors (Lipinski definition) is 4. The van der Waals surface area contributed by atoms with Crippen LogP contribution in [0.2, 0.25) is 0 Å². The predicted molar refractivity (Wildman–Crippen MR) is 89.3 cm³/mol. The van der Waals surface area contributed by atoms with Crippen molar-refractivity contribution in [1.29, 1.82) is 0 Å². The lowest BCUT2D eigenvalue weighted by Gasteiger charge is -2.13. The van der Waals surface area contributed by atoms with Crippen LogP contribution in [0.4, 0.5) is 18.9 Å². The number of nitrogens with zero attached hydrogens (tertiary/aromatic N) is 1. The quantitative estimate of drug-likeness (QED) is 0.697. The third kappa shape index (κ3) is 3.69. The third-order valence-electron chi connectivity index (χ3n) is 3.01. The number of hydrogen-bond donors (Lipinski definition) is 1. The van der Waals surface area contributed by atoms with Crippen LogP contribution in [-0.4, -0.2) is 24.8 Å². The minimum Gasteiger partial charge on any atom is -0.322 e. The number of amides is 1. The number of benzene rings is 1. The van der Waals surface area contributed by atoms with Gasteiger partial charge in [-0.15, -0.1) is 0 Å². The number of aryl methyl sites for hydroxylation is 1. The fourth-order valence-corrected chi connectivity index (χ4v) is 3.36. The maximum absolute atomic E-state index is 12.7. The first kappa shape index (κ1) is 18.6. The Hall–Kier alpha value is -1.69. The number of rotatable bonds is 3. The molecule has 128 valence electrons. The van der Waals surface area contributed by atoms with Gasteiger partial charge in [0, 0.05) is 15.5 Å². The molecule has 0 radical (unpaired) electrons. The van der Waals surface area contributed by atoms with Gasteiger partial charge in [0.1, 0.15) is 0 Å². The highest BCUT2D eigenvalue weighted by Crippen LogP contribution is 2.31. The van der Waals surface area contributed by atoms with Crippen molar-refractivity contribution in [3.8, 4) is 0 Å². The van der Waals surface area contributed by atoms with Crippen molar-refractivity contribution in [3.05, 3.63) is 51.2 Å². The molecule has 0 aliphatic rings. The van der Waals surface area contributed by atoms with Crippen LogP contribution in [-0.2, 0) is 9.84 Å². The summed E-state index contributed by atoms with van der Waals surface area (Å²) in [5, 5.41) is 1.08. The van der Waals surface area contributed by atoms with Crippen molar-refractivity contribution in [3.63, 3.8) is 0 Å². The fraction of sp³-hybridized carbons (Fsp3) is 0.143. The lowest BCUT2D eigenvalue weighted by molar-refractivity contribution is -0.0438. The molecule has 1 amide bonds. The first-order valence-electron chi connectivity index (χ1n) is 6.38. The molecule has 0 aliphatic carbocycles. The van der Waals surface area contributed by atoms with E-state index in [-0.39, 0.29) is 0 Å². The number of pyridine rings is 1. The van der Waals surface area contributed by atoms with E-state index in [4.69, 9.17) is 0 Å². The third-order valence-corrected chi connectivity index (χ3v) is 5.13. The summed E-state index contributed by atoms with van der Waals surface area (Å²) in [6.45, 7) is 1.70. The Morgan fingerprint density at radius 2 is 1.92 bits per heavy atom. The van der Waals surface area contributed by atoms with Gasteiger partial charge >= 0.3 is 5.51 Å². The molecule has 0 unspecified atom stereocenters. The van der Waals surface area contributed by atoms with Crippen LogP contribution >= 0.6 is 22.6 Å². The smallest absolute Gasteiger partial charge is 0.322 e. The minimum absolute atomic E-state index is 0.361. The predicted octanol–water partition coefficient (Wildman–Crippen LogP) is 3.54.